The van der Waals surface area contributed by atoms with Crippen LogP contribution in [0.3, 0.4) is 0 Å². The fourth-order valence-corrected chi connectivity index (χ4v) is 6.75. The predicted octanol–water partition coefficient (Wildman–Crippen LogP) is 6.47. The Kier molecular flexibility index (Phi) is 3.36. The minimum absolute atomic E-state index is 0.0609. The SMILES string of the molecule is CC1(C)c2ccccc2-c2ccc(-c3ccc4c(c3)-c3ccccc3S4(=O)=O)cc21. The van der Waals surface area contributed by atoms with Crippen LogP contribution in [-0.4, -0.2) is 8.42 Å². The molecule has 1 aliphatic heterocycles. The molecule has 0 N–H and O–H groups in total. The molecular weight excluding hydrogens is 388 g/mol. The Morgan fingerprint density at radius 3 is 2.00 bits per heavy atom. The number of sulfone groups is 1. The van der Waals surface area contributed by atoms with Crippen molar-refractivity contribution in [2.24, 2.45) is 0 Å². The monoisotopic (exact) mass is 408 g/mol. The molecule has 146 valence electrons. The third kappa shape index (κ3) is 2.16. The molecule has 0 unspecified atom stereocenters. The standard InChI is InChI=1S/C27H20O2S/c1-27(2)23-9-5-3-7-19(23)20-13-11-18(16-24(20)27)17-12-14-26-22(15-17)21-8-4-6-10-25(21)30(26,28)29/h3-16H,1-2H3. The molecule has 0 bridgehead atoms. The van der Waals surface area contributed by atoms with E-state index in [0.29, 0.717) is 9.79 Å². The lowest BCUT2D eigenvalue weighted by Crippen LogP contribution is -2.14. The van der Waals surface area contributed by atoms with Crippen LogP contribution in [0, 0.1) is 0 Å². The molecule has 0 aromatic heterocycles. The lowest BCUT2D eigenvalue weighted by atomic mass is 9.81. The first-order valence-corrected chi connectivity index (χ1v) is 11.6. The van der Waals surface area contributed by atoms with Crippen LogP contribution >= 0.6 is 0 Å². The van der Waals surface area contributed by atoms with Gasteiger partial charge in [0.15, 0.2) is 0 Å². The molecule has 0 spiro atoms. The molecule has 0 radical (unpaired) electrons. The third-order valence-electron chi connectivity index (χ3n) is 6.65. The molecule has 0 fully saturated rings. The molecule has 0 saturated heterocycles. The van der Waals surface area contributed by atoms with Crippen LogP contribution in [0.5, 0.6) is 0 Å². The van der Waals surface area contributed by atoms with Crippen molar-refractivity contribution < 1.29 is 8.42 Å². The number of rotatable bonds is 1. The first-order chi connectivity index (χ1) is 14.4. The van der Waals surface area contributed by atoms with Crippen molar-refractivity contribution in [3.63, 3.8) is 0 Å². The molecule has 4 aromatic rings. The molecular formula is C27H20O2S. The summed E-state index contributed by atoms with van der Waals surface area (Å²) >= 11 is 0. The van der Waals surface area contributed by atoms with Gasteiger partial charge in [-0.2, -0.15) is 0 Å². The summed E-state index contributed by atoms with van der Waals surface area (Å²) in [5.74, 6) is 0. The number of hydrogen-bond donors (Lipinski definition) is 0. The Hall–Kier alpha value is -3.17. The summed E-state index contributed by atoms with van der Waals surface area (Å²) < 4.78 is 25.8. The van der Waals surface area contributed by atoms with E-state index in [0.717, 1.165) is 22.3 Å². The van der Waals surface area contributed by atoms with E-state index in [9.17, 15) is 8.42 Å². The summed E-state index contributed by atoms with van der Waals surface area (Å²) in [4.78, 5) is 0.809. The van der Waals surface area contributed by atoms with Gasteiger partial charge in [0, 0.05) is 16.5 Å². The van der Waals surface area contributed by atoms with E-state index >= 15 is 0 Å². The van der Waals surface area contributed by atoms with E-state index in [2.05, 4.69) is 56.3 Å². The molecule has 3 heteroatoms. The highest BCUT2D eigenvalue weighted by molar-refractivity contribution is 7.92. The largest absolute Gasteiger partial charge is 0.218 e. The average molecular weight is 409 g/mol. The van der Waals surface area contributed by atoms with Crippen LogP contribution in [0.4, 0.5) is 0 Å². The summed E-state index contributed by atoms with van der Waals surface area (Å²) in [6.45, 7) is 4.54. The van der Waals surface area contributed by atoms with Crippen LogP contribution in [0.15, 0.2) is 94.7 Å². The van der Waals surface area contributed by atoms with E-state index in [1.165, 1.54) is 22.3 Å². The van der Waals surface area contributed by atoms with Gasteiger partial charge in [-0.15, -0.1) is 0 Å². The zero-order chi connectivity index (χ0) is 20.7. The van der Waals surface area contributed by atoms with Crippen LogP contribution < -0.4 is 0 Å². The van der Waals surface area contributed by atoms with Crippen molar-refractivity contribution in [3.8, 4) is 33.4 Å². The number of hydrogen-bond acceptors (Lipinski definition) is 2. The Morgan fingerprint density at radius 1 is 0.567 bits per heavy atom. The Bertz CT molecular complexity index is 1480. The average Bonchev–Trinajstić information content (AvgIpc) is 3.14. The van der Waals surface area contributed by atoms with Crippen molar-refractivity contribution in [1.82, 2.24) is 0 Å². The number of fused-ring (bicyclic) bond motifs is 6. The molecule has 2 aliphatic rings. The van der Waals surface area contributed by atoms with Gasteiger partial charge in [-0.1, -0.05) is 74.5 Å². The minimum Gasteiger partial charge on any atom is -0.218 e. The number of benzene rings is 4. The molecule has 0 amide bonds. The summed E-state index contributed by atoms with van der Waals surface area (Å²) in [7, 11) is -3.43. The van der Waals surface area contributed by atoms with Gasteiger partial charge in [0.1, 0.15) is 0 Å². The van der Waals surface area contributed by atoms with Gasteiger partial charge >= 0.3 is 0 Å². The van der Waals surface area contributed by atoms with Crippen LogP contribution in [0.1, 0.15) is 25.0 Å². The molecule has 4 aromatic carbocycles. The predicted molar refractivity (Wildman–Crippen MR) is 120 cm³/mol. The first-order valence-electron chi connectivity index (χ1n) is 10.1. The smallest absolute Gasteiger partial charge is 0.207 e. The molecule has 0 saturated carbocycles. The van der Waals surface area contributed by atoms with E-state index in [4.69, 9.17) is 0 Å². The van der Waals surface area contributed by atoms with Gasteiger partial charge in [0.05, 0.1) is 9.79 Å². The first kappa shape index (κ1) is 17.7. The van der Waals surface area contributed by atoms with Gasteiger partial charge < -0.3 is 0 Å². The van der Waals surface area contributed by atoms with Gasteiger partial charge in [-0.3, -0.25) is 0 Å². The van der Waals surface area contributed by atoms with E-state index in [1.54, 1.807) is 18.2 Å². The Balaban J connectivity index is 1.54. The quantitative estimate of drug-likeness (QED) is 0.318. The summed E-state index contributed by atoms with van der Waals surface area (Å²) in [6.07, 6.45) is 0. The normalized spacial score (nSPS) is 16.5. The Morgan fingerprint density at radius 2 is 1.17 bits per heavy atom. The molecule has 30 heavy (non-hydrogen) atoms. The van der Waals surface area contributed by atoms with Crippen molar-refractivity contribution in [2.45, 2.75) is 29.1 Å². The zero-order valence-corrected chi connectivity index (χ0v) is 17.6. The van der Waals surface area contributed by atoms with Gasteiger partial charge in [-0.25, -0.2) is 8.42 Å². The van der Waals surface area contributed by atoms with Crippen LogP contribution in [-0.2, 0) is 15.3 Å². The molecule has 0 atom stereocenters. The van der Waals surface area contributed by atoms with Crippen LogP contribution in [0.2, 0.25) is 0 Å². The maximum Gasteiger partial charge on any atom is 0.207 e. The zero-order valence-electron chi connectivity index (χ0n) is 16.8. The summed E-state index contributed by atoms with van der Waals surface area (Å²) in [5.41, 5.74) is 8.94. The second-order valence-corrected chi connectivity index (χ2v) is 10.5. The highest BCUT2D eigenvalue weighted by Gasteiger charge is 2.36. The second kappa shape index (κ2) is 5.71. The lowest BCUT2D eigenvalue weighted by Gasteiger charge is -2.22. The third-order valence-corrected chi connectivity index (χ3v) is 8.52. The molecule has 1 heterocycles. The van der Waals surface area contributed by atoms with E-state index in [1.807, 2.05) is 24.3 Å². The summed E-state index contributed by atoms with van der Waals surface area (Å²) in [6, 6.07) is 28.2. The lowest BCUT2D eigenvalue weighted by molar-refractivity contribution is 0.598. The topological polar surface area (TPSA) is 34.1 Å². The van der Waals surface area contributed by atoms with Crippen molar-refractivity contribution in [3.05, 3.63) is 96.1 Å². The van der Waals surface area contributed by atoms with Gasteiger partial charge in [0.25, 0.3) is 0 Å². The molecule has 6 rings (SSSR count). The minimum atomic E-state index is -3.43. The maximum atomic E-state index is 12.9. The van der Waals surface area contributed by atoms with Crippen LogP contribution in [0.25, 0.3) is 33.4 Å². The fraction of sp³-hybridized carbons (Fsp3) is 0.111. The van der Waals surface area contributed by atoms with E-state index in [-0.39, 0.29) is 5.41 Å². The summed E-state index contributed by atoms with van der Waals surface area (Å²) in [5, 5.41) is 0. The van der Waals surface area contributed by atoms with Crippen molar-refractivity contribution >= 4 is 9.84 Å². The van der Waals surface area contributed by atoms with Crippen molar-refractivity contribution in [2.75, 3.05) is 0 Å². The molecule has 2 nitrogen and oxygen atoms in total. The maximum absolute atomic E-state index is 12.9. The van der Waals surface area contributed by atoms with E-state index < -0.39 is 9.84 Å². The van der Waals surface area contributed by atoms with Gasteiger partial charge in [-0.05, 0) is 57.6 Å². The van der Waals surface area contributed by atoms with Gasteiger partial charge in [0.2, 0.25) is 9.84 Å². The van der Waals surface area contributed by atoms with Crippen molar-refractivity contribution in [1.29, 1.82) is 0 Å². The highest BCUT2D eigenvalue weighted by atomic mass is 32.2. The second-order valence-electron chi connectivity index (χ2n) is 8.64. The highest BCUT2D eigenvalue weighted by Crippen LogP contribution is 2.50. The Labute approximate surface area is 176 Å². The molecule has 1 aliphatic carbocycles. The fourth-order valence-electron chi connectivity index (χ4n) is 5.08.